The predicted octanol–water partition coefficient (Wildman–Crippen LogP) is 4.57. The van der Waals surface area contributed by atoms with Crippen LogP contribution in [0.1, 0.15) is 30.5 Å². The lowest BCUT2D eigenvalue weighted by Crippen LogP contribution is -2.24. The minimum absolute atomic E-state index is 0.167. The first-order valence-corrected chi connectivity index (χ1v) is 6.83. The second-order valence-electron chi connectivity index (χ2n) is 4.46. The van der Waals surface area contributed by atoms with E-state index in [-0.39, 0.29) is 11.9 Å². The van der Waals surface area contributed by atoms with Crippen LogP contribution in [0.4, 0.5) is 4.39 Å². The van der Waals surface area contributed by atoms with Gasteiger partial charge in [-0.1, -0.05) is 48.9 Å². The predicted molar refractivity (Wildman–Crippen MR) is 78.0 cm³/mol. The van der Waals surface area contributed by atoms with Crippen molar-refractivity contribution in [1.29, 1.82) is 0 Å². The van der Waals surface area contributed by atoms with E-state index in [0.717, 1.165) is 18.5 Å². The van der Waals surface area contributed by atoms with Gasteiger partial charge in [0.2, 0.25) is 0 Å². The maximum absolute atomic E-state index is 14.0. The largest absolute Gasteiger partial charge is 0.306 e. The van der Waals surface area contributed by atoms with Crippen LogP contribution in [0.5, 0.6) is 0 Å². The number of halogens is 2. The van der Waals surface area contributed by atoms with Crippen molar-refractivity contribution in [3.05, 3.63) is 70.5 Å². The molecule has 1 N–H and O–H groups in total. The summed E-state index contributed by atoms with van der Waals surface area (Å²) >= 11 is 6.03. The molecule has 100 valence electrons. The Morgan fingerprint density at radius 1 is 1.16 bits per heavy atom. The van der Waals surface area contributed by atoms with Crippen LogP contribution in [0.3, 0.4) is 0 Å². The molecule has 0 aliphatic carbocycles. The topological polar surface area (TPSA) is 12.0 Å². The van der Waals surface area contributed by atoms with Crippen molar-refractivity contribution in [2.75, 3.05) is 6.54 Å². The summed E-state index contributed by atoms with van der Waals surface area (Å²) in [6, 6.07) is 14.2. The van der Waals surface area contributed by atoms with Gasteiger partial charge in [-0.2, -0.15) is 0 Å². The van der Waals surface area contributed by atoms with Crippen LogP contribution >= 0.6 is 11.6 Å². The van der Waals surface area contributed by atoms with Gasteiger partial charge in [0.25, 0.3) is 0 Å². The van der Waals surface area contributed by atoms with E-state index in [4.69, 9.17) is 11.6 Å². The number of nitrogens with one attached hydrogen (secondary N) is 1. The van der Waals surface area contributed by atoms with Crippen LogP contribution in [0, 0.1) is 5.82 Å². The molecule has 1 nitrogen and oxygen atoms in total. The Morgan fingerprint density at radius 3 is 2.63 bits per heavy atom. The molecule has 19 heavy (non-hydrogen) atoms. The summed E-state index contributed by atoms with van der Waals surface area (Å²) in [6.45, 7) is 2.91. The minimum atomic E-state index is -0.198. The van der Waals surface area contributed by atoms with E-state index in [9.17, 15) is 4.39 Å². The van der Waals surface area contributed by atoms with E-state index in [1.54, 1.807) is 6.07 Å². The maximum atomic E-state index is 14.0. The zero-order valence-electron chi connectivity index (χ0n) is 10.9. The normalized spacial score (nSPS) is 12.4. The lowest BCUT2D eigenvalue weighted by molar-refractivity contribution is 0.547. The molecule has 0 radical (unpaired) electrons. The fraction of sp³-hybridized carbons (Fsp3) is 0.250. The van der Waals surface area contributed by atoms with E-state index in [0.29, 0.717) is 10.6 Å². The van der Waals surface area contributed by atoms with E-state index in [2.05, 4.69) is 12.2 Å². The Bertz CT molecular complexity index is 542. The van der Waals surface area contributed by atoms with Gasteiger partial charge in [-0.05, 0) is 36.7 Å². The van der Waals surface area contributed by atoms with Gasteiger partial charge in [0, 0.05) is 10.6 Å². The summed E-state index contributed by atoms with van der Waals surface area (Å²) < 4.78 is 14.0. The lowest BCUT2D eigenvalue weighted by Gasteiger charge is -2.20. The number of hydrogen-bond donors (Lipinski definition) is 1. The third-order valence-electron chi connectivity index (χ3n) is 3.00. The molecule has 0 aliphatic heterocycles. The summed E-state index contributed by atoms with van der Waals surface area (Å²) in [5, 5.41) is 4.04. The highest BCUT2D eigenvalue weighted by Gasteiger charge is 2.16. The highest BCUT2D eigenvalue weighted by Crippen LogP contribution is 2.26. The van der Waals surface area contributed by atoms with Gasteiger partial charge >= 0.3 is 0 Å². The Hall–Kier alpha value is -1.38. The Morgan fingerprint density at radius 2 is 1.95 bits per heavy atom. The Balaban J connectivity index is 2.38. The average molecular weight is 278 g/mol. The Labute approximate surface area is 118 Å². The van der Waals surface area contributed by atoms with Crippen LogP contribution in [0.2, 0.25) is 5.02 Å². The van der Waals surface area contributed by atoms with Crippen LogP contribution in [0.25, 0.3) is 0 Å². The lowest BCUT2D eigenvalue weighted by atomic mass is 9.98. The first-order chi connectivity index (χ1) is 9.22. The number of benzene rings is 2. The van der Waals surface area contributed by atoms with E-state index < -0.39 is 0 Å². The van der Waals surface area contributed by atoms with Gasteiger partial charge < -0.3 is 5.32 Å². The second-order valence-corrected chi connectivity index (χ2v) is 4.90. The molecule has 2 aromatic carbocycles. The van der Waals surface area contributed by atoms with Gasteiger partial charge in [0.05, 0.1) is 6.04 Å². The maximum Gasteiger partial charge on any atom is 0.128 e. The molecule has 0 bridgehead atoms. The smallest absolute Gasteiger partial charge is 0.128 e. The molecule has 0 fully saturated rings. The molecule has 0 heterocycles. The SMILES string of the molecule is CCCNC(c1cccc(Cl)c1)c1ccccc1F. The summed E-state index contributed by atoms with van der Waals surface area (Å²) in [5.74, 6) is -0.198. The van der Waals surface area contributed by atoms with E-state index >= 15 is 0 Å². The molecule has 3 heteroatoms. The highest BCUT2D eigenvalue weighted by molar-refractivity contribution is 6.30. The monoisotopic (exact) mass is 277 g/mol. The standard InChI is InChI=1S/C16H17ClFN/c1-2-10-19-16(12-6-5-7-13(17)11-12)14-8-3-4-9-15(14)18/h3-9,11,16,19H,2,10H2,1H3. The summed E-state index contributed by atoms with van der Waals surface area (Å²) in [5.41, 5.74) is 1.63. The van der Waals surface area contributed by atoms with Crippen molar-refractivity contribution in [3.8, 4) is 0 Å². The summed E-state index contributed by atoms with van der Waals surface area (Å²) in [4.78, 5) is 0. The Kier molecular flexibility index (Phi) is 4.94. The van der Waals surface area contributed by atoms with Crippen LogP contribution < -0.4 is 5.32 Å². The van der Waals surface area contributed by atoms with Crippen molar-refractivity contribution in [2.24, 2.45) is 0 Å². The molecule has 1 unspecified atom stereocenters. The van der Waals surface area contributed by atoms with Crippen molar-refractivity contribution in [2.45, 2.75) is 19.4 Å². The van der Waals surface area contributed by atoms with Gasteiger partial charge in [-0.25, -0.2) is 4.39 Å². The van der Waals surface area contributed by atoms with Crippen molar-refractivity contribution >= 4 is 11.6 Å². The van der Waals surface area contributed by atoms with Gasteiger partial charge in [-0.15, -0.1) is 0 Å². The van der Waals surface area contributed by atoms with Crippen molar-refractivity contribution in [1.82, 2.24) is 5.32 Å². The number of rotatable bonds is 5. The van der Waals surface area contributed by atoms with Crippen molar-refractivity contribution in [3.63, 3.8) is 0 Å². The molecular weight excluding hydrogens is 261 g/mol. The van der Waals surface area contributed by atoms with E-state index in [1.165, 1.54) is 6.07 Å². The minimum Gasteiger partial charge on any atom is -0.306 e. The summed E-state index contributed by atoms with van der Waals surface area (Å²) in [6.07, 6.45) is 0.992. The third-order valence-corrected chi connectivity index (χ3v) is 3.23. The fourth-order valence-corrected chi connectivity index (χ4v) is 2.29. The quantitative estimate of drug-likeness (QED) is 0.844. The van der Waals surface area contributed by atoms with Gasteiger partial charge in [0.1, 0.15) is 5.82 Å². The first-order valence-electron chi connectivity index (χ1n) is 6.45. The van der Waals surface area contributed by atoms with Crippen LogP contribution in [-0.4, -0.2) is 6.54 Å². The summed E-state index contributed by atoms with van der Waals surface area (Å²) in [7, 11) is 0. The molecule has 2 aromatic rings. The van der Waals surface area contributed by atoms with Crippen LogP contribution in [-0.2, 0) is 0 Å². The highest BCUT2D eigenvalue weighted by atomic mass is 35.5. The van der Waals surface area contributed by atoms with E-state index in [1.807, 2.05) is 36.4 Å². The number of hydrogen-bond acceptors (Lipinski definition) is 1. The molecule has 1 atom stereocenters. The van der Waals surface area contributed by atoms with Gasteiger partial charge in [0.15, 0.2) is 0 Å². The zero-order chi connectivity index (χ0) is 13.7. The first kappa shape index (κ1) is 14.0. The zero-order valence-corrected chi connectivity index (χ0v) is 11.6. The van der Waals surface area contributed by atoms with Crippen LogP contribution in [0.15, 0.2) is 48.5 Å². The molecule has 0 amide bonds. The fourth-order valence-electron chi connectivity index (χ4n) is 2.09. The molecule has 2 rings (SSSR count). The molecular formula is C16H17ClFN. The average Bonchev–Trinajstić information content (AvgIpc) is 2.41. The molecule has 0 aromatic heterocycles. The van der Waals surface area contributed by atoms with Crippen molar-refractivity contribution < 1.29 is 4.39 Å². The second kappa shape index (κ2) is 6.69. The molecule has 0 saturated heterocycles. The third kappa shape index (κ3) is 3.55. The molecule has 0 spiro atoms. The molecule has 0 aliphatic rings. The molecule has 0 saturated carbocycles. The van der Waals surface area contributed by atoms with Gasteiger partial charge in [-0.3, -0.25) is 0 Å².